The molecule has 2 radical (unpaired) electrons. The lowest BCUT2D eigenvalue weighted by atomic mass is 10.0. The molecule has 56 valence electrons. The molecule has 0 amide bonds. The minimum Gasteiger partial charge on any atom is -0.366 e. The Balaban J connectivity index is 2.38. The van der Waals surface area contributed by atoms with Gasteiger partial charge in [0.2, 0.25) is 7.37 Å². The van der Waals surface area contributed by atoms with Crippen molar-refractivity contribution in [3.05, 3.63) is 0 Å². The molecule has 1 fully saturated rings. The van der Waals surface area contributed by atoms with Crippen LogP contribution in [0.15, 0.2) is 0 Å². The van der Waals surface area contributed by atoms with Crippen LogP contribution in [0.1, 0.15) is 0 Å². The van der Waals surface area contributed by atoms with Crippen molar-refractivity contribution in [2.75, 3.05) is 19.6 Å². The highest BCUT2D eigenvalue weighted by Gasteiger charge is 2.25. The molecule has 0 aromatic carbocycles. The van der Waals surface area contributed by atoms with E-state index in [0.29, 0.717) is 12.9 Å². The molecule has 2 unspecified atom stereocenters. The molecule has 5 heteroatoms. The van der Waals surface area contributed by atoms with E-state index < -0.39 is 7.37 Å². The van der Waals surface area contributed by atoms with Gasteiger partial charge >= 0.3 is 0 Å². The molecular weight excluding hydrogens is 150 g/mol. The van der Waals surface area contributed by atoms with Crippen molar-refractivity contribution in [1.82, 2.24) is 0 Å². The highest BCUT2D eigenvalue weighted by molar-refractivity contribution is 7.58. The van der Waals surface area contributed by atoms with Gasteiger partial charge in [-0.05, 0) is 0 Å². The Morgan fingerprint density at radius 2 is 2.50 bits per heavy atom. The van der Waals surface area contributed by atoms with Gasteiger partial charge in [0.05, 0.1) is 20.6 Å². The zero-order chi connectivity index (χ0) is 7.61. The zero-order valence-electron chi connectivity index (χ0n) is 5.95. The summed E-state index contributed by atoms with van der Waals surface area (Å²) in [5.41, 5.74) is 0. The predicted octanol–water partition coefficient (Wildman–Crippen LogP) is 0.854. The van der Waals surface area contributed by atoms with Crippen LogP contribution in [-0.4, -0.2) is 33.6 Å². The normalized spacial score (nSPS) is 41.5. The molecule has 10 heavy (non-hydrogen) atoms. The minimum absolute atomic E-state index is 0.0676. The highest BCUT2D eigenvalue weighted by atomic mass is 31.2. The zero-order valence-corrected chi connectivity index (χ0v) is 6.84. The van der Waals surface area contributed by atoms with Crippen molar-refractivity contribution >= 4 is 15.2 Å². The van der Waals surface area contributed by atoms with Crippen molar-refractivity contribution in [1.29, 1.82) is 0 Å². The molecular formula is C5H10BO3P. The second-order valence-electron chi connectivity index (χ2n) is 2.46. The molecule has 1 aliphatic rings. The number of rotatable bonds is 1. The molecule has 1 saturated heterocycles. The molecule has 2 atom stereocenters. The summed E-state index contributed by atoms with van der Waals surface area (Å²) in [5, 5.41) is 0. The Hall–Kier alpha value is 0.215. The van der Waals surface area contributed by atoms with Crippen molar-refractivity contribution < 1.29 is 13.8 Å². The number of hydrogen-bond acceptors (Lipinski definition) is 3. The van der Waals surface area contributed by atoms with Gasteiger partial charge in [-0.15, -0.1) is 0 Å². The molecule has 0 aromatic rings. The minimum atomic E-state index is -2.41. The SMILES string of the molecule is [B]CC1COP(C)(=O)CO1. The second kappa shape index (κ2) is 3.08. The van der Waals surface area contributed by atoms with E-state index >= 15 is 0 Å². The van der Waals surface area contributed by atoms with E-state index in [1.54, 1.807) is 6.66 Å². The van der Waals surface area contributed by atoms with Crippen LogP contribution in [-0.2, 0) is 13.8 Å². The molecule has 0 bridgehead atoms. The Labute approximate surface area is 61.9 Å². The summed E-state index contributed by atoms with van der Waals surface area (Å²) >= 11 is 0. The molecule has 0 N–H and O–H groups in total. The Morgan fingerprint density at radius 3 is 2.90 bits per heavy atom. The molecule has 0 aromatic heterocycles. The van der Waals surface area contributed by atoms with Gasteiger partial charge in [0.25, 0.3) is 0 Å². The molecule has 1 aliphatic heterocycles. The van der Waals surface area contributed by atoms with Crippen LogP contribution in [0.3, 0.4) is 0 Å². The van der Waals surface area contributed by atoms with Gasteiger partial charge in [-0.3, -0.25) is 4.57 Å². The van der Waals surface area contributed by atoms with Gasteiger partial charge < -0.3 is 9.26 Å². The van der Waals surface area contributed by atoms with Crippen LogP contribution < -0.4 is 0 Å². The van der Waals surface area contributed by atoms with Crippen LogP contribution in [0.5, 0.6) is 0 Å². The maximum absolute atomic E-state index is 11.1. The molecule has 3 nitrogen and oxygen atoms in total. The summed E-state index contributed by atoms with van der Waals surface area (Å²) in [7, 11) is 2.88. The Kier molecular flexibility index (Phi) is 2.56. The molecule has 0 saturated carbocycles. The third-order valence-corrected chi connectivity index (χ3v) is 2.65. The van der Waals surface area contributed by atoms with E-state index in [9.17, 15) is 4.57 Å². The van der Waals surface area contributed by atoms with Crippen LogP contribution >= 0.6 is 7.37 Å². The lowest BCUT2D eigenvalue weighted by Gasteiger charge is -2.26. The standard InChI is InChI=1S/C5H10BO3P/c1-10(7)4-8-5(2-6)3-9-10/h5H,2-4H2,1H3. The summed E-state index contributed by atoms with van der Waals surface area (Å²) in [5.74, 6) is 0. The maximum Gasteiger partial charge on any atom is 0.225 e. The van der Waals surface area contributed by atoms with Crippen molar-refractivity contribution in [2.45, 2.75) is 12.4 Å². The second-order valence-corrected chi connectivity index (χ2v) is 5.01. The summed E-state index contributed by atoms with van der Waals surface area (Å²) in [4.78, 5) is 0. The van der Waals surface area contributed by atoms with Gasteiger partial charge in [-0.2, -0.15) is 0 Å². The first kappa shape index (κ1) is 8.31. The summed E-state index contributed by atoms with van der Waals surface area (Å²) < 4.78 is 21.3. The third kappa shape index (κ3) is 2.12. The predicted molar refractivity (Wildman–Crippen MR) is 39.8 cm³/mol. The lowest BCUT2D eigenvalue weighted by Crippen LogP contribution is -2.24. The van der Waals surface area contributed by atoms with Crippen molar-refractivity contribution in [2.24, 2.45) is 0 Å². The maximum atomic E-state index is 11.1. The first-order valence-electron chi connectivity index (χ1n) is 3.17. The fourth-order valence-corrected chi connectivity index (χ4v) is 1.74. The van der Waals surface area contributed by atoms with E-state index in [4.69, 9.17) is 17.1 Å². The fourth-order valence-electron chi connectivity index (χ4n) is 0.703. The van der Waals surface area contributed by atoms with E-state index in [2.05, 4.69) is 0 Å². The molecule has 0 spiro atoms. The quantitative estimate of drug-likeness (QED) is 0.421. The highest BCUT2D eigenvalue weighted by Crippen LogP contribution is 2.45. The van der Waals surface area contributed by atoms with E-state index in [1.165, 1.54) is 0 Å². The molecule has 0 aliphatic carbocycles. The van der Waals surface area contributed by atoms with E-state index in [-0.39, 0.29) is 12.5 Å². The molecule has 1 heterocycles. The van der Waals surface area contributed by atoms with Crippen molar-refractivity contribution in [3.63, 3.8) is 0 Å². The number of ether oxygens (including phenoxy) is 1. The van der Waals surface area contributed by atoms with Crippen LogP contribution in [0.2, 0.25) is 6.32 Å². The van der Waals surface area contributed by atoms with Gasteiger partial charge in [0.15, 0.2) is 0 Å². The van der Waals surface area contributed by atoms with E-state index in [1.807, 2.05) is 0 Å². The topological polar surface area (TPSA) is 35.5 Å². The van der Waals surface area contributed by atoms with Crippen LogP contribution in [0.4, 0.5) is 0 Å². The average Bonchev–Trinajstić information content (AvgIpc) is 1.88. The molecule has 1 rings (SSSR count). The van der Waals surface area contributed by atoms with Gasteiger partial charge in [0.1, 0.15) is 6.35 Å². The monoisotopic (exact) mass is 160 g/mol. The average molecular weight is 160 g/mol. The van der Waals surface area contributed by atoms with E-state index in [0.717, 1.165) is 0 Å². The summed E-state index contributed by atoms with van der Waals surface area (Å²) in [6.45, 7) is 1.93. The Morgan fingerprint density at radius 1 is 1.80 bits per heavy atom. The van der Waals surface area contributed by atoms with Crippen molar-refractivity contribution in [3.8, 4) is 0 Å². The number of hydrogen-bond donors (Lipinski definition) is 0. The fraction of sp³-hybridized carbons (Fsp3) is 1.00. The smallest absolute Gasteiger partial charge is 0.225 e. The summed E-state index contributed by atoms with van der Waals surface area (Å²) in [6, 6.07) is 0. The lowest BCUT2D eigenvalue weighted by molar-refractivity contribution is 0.0268. The third-order valence-electron chi connectivity index (χ3n) is 1.34. The Bertz CT molecular complexity index is 149. The van der Waals surface area contributed by atoms with Crippen LogP contribution in [0.25, 0.3) is 0 Å². The first-order valence-corrected chi connectivity index (χ1v) is 5.42. The van der Waals surface area contributed by atoms with Gasteiger partial charge in [0, 0.05) is 6.66 Å². The van der Waals surface area contributed by atoms with Crippen LogP contribution in [0, 0.1) is 0 Å². The van der Waals surface area contributed by atoms with Gasteiger partial charge in [-0.25, -0.2) is 0 Å². The largest absolute Gasteiger partial charge is 0.366 e. The summed E-state index contributed by atoms with van der Waals surface area (Å²) in [6.07, 6.45) is 0.566. The first-order chi connectivity index (χ1) is 4.64. The van der Waals surface area contributed by atoms with Gasteiger partial charge in [-0.1, -0.05) is 6.32 Å².